The molecule has 0 aliphatic rings. The van der Waals surface area contributed by atoms with Gasteiger partial charge in [-0.25, -0.2) is 22.4 Å². The van der Waals surface area contributed by atoms with Crippen molar-refractivity contribution in [2.24, 2.45) is 0 Å². The molecule has 5 aromatic rings. The molecule has 5 rings (SSSR count). The van der Waals surface area contributed by atoms with Crippen LogP contribution in [0.4, 0.5) is 26.3 Å². The third-order valence-electron chi connectivity index (χ3n) is 6.51. The van der Waals surface area contributed by atoms with Crippen LogP contribution < -0.4 is 4.74 Å². The van der Waals surface area contributed by atoms with Crippen LogP contribution in [0.3, 0.4) is 0 Å². The van der Waals surface area contributed by atoms with E-state index in [4.69, 9.17) is 0 Å². The van der Waals surface area contributed by atoms with Gasteiger partial charge in [-0.15, -0.1) is 18.3 Å². The van der Waals surface area contributed by atoms with Gasteiger partial charge in [0.1, 0.15) is 11.6 Å². The number of halogens is 6. The van der Waals surface area contributed by atoms with Gasteiger partial charge in [0.05, 0.1) is 28.2 Å². The number of hydrogen-bond donors (Lipinski definition) is 0. The van der Waals surface area contributed by atoms with E-state index >= 15 is 0 Å². The zero-order valence-corrected chi connectivity index (χ0v) is 23.9. The van der Waals surface area contributed by atoms with Crippen molar-refractivity contribution in [3.8, 4) is 39.5 Å². The first-order valence-electron chi connectivity index (χ1n) is 12.6. The quantitative estimate of drug-likeness (QED) is 0.196. The minimum Gasteiger partial charge on any atom is -0.406 e. The van der Waals surface area contributed by atoms with Gasteiger partial charge in [0.15, 0.2) is 5.69 Å². The highest BCUT2D eigenvalue weighted by Crippen LogP contribution is 2.35. The van der Waals surface area contributed by atoms with E-state index < -0.39 is 34.0 Å². The molecule has 0 aliphatic heterocycles. The molecule has 0 fully saturated rings. The molecule has 0 spiro atoms. The number of nitrogens with zero attached hydrogens (tertiary/aromatic N) is 6. The molecule has 3 aromatic carbocycles. The van der Waals surface area contributed by atoms with Crippen LogP contribution in [0, 0.1) is 6.92 Å². The van der Waals surface area contributed by atoms with Crippen LogP contribution in [0.2, 0.25) is 0 Å². The van der Waals surface area contributed by atoms with Crippen LogP contribution >= 0.6 is 0 Å². The lowest BCUT2D eigenvalue weighted by Crippen LogP contribution is -2.22. The first kappa shape index (κ1) is 30.7. The maximum Gasteiger partial charge on any atom is 0.573 e. The molecule has 0 N–H and O–H groups in total. The Balaban J connectivity index is 1.68. The summed E-state index contributed by atoms with van der Waals surface area (Å²) in [6.07, 6.45) is -7.44. The number of ether oxygens (including phenoxy) is 1. The van der Waals surface area contributed by atoms with Crippen molar-refractivity contribution in [1.29, 1.82) is 0 Å². The van der Waals surface area contributed by atoms with Crippen LogP contribution in [-0.2, 0) is 16.2 Å². The van der Waals surface area contributed by atoms with Gasteiger partial charge in [-0.05, 0) is 66.6 Å². The predicted molar refractivity (Wildman–Crippen MR) is 147 cm³/mol. The van der Waals surface area contributed by atoms with Crippen molar-refractivity contribution in [1.82, 2.24) is 28.9 Å². The lowest BCUT2D eigenvalue weighted by atomic mass is 10.0. The number of rotatable bonds is 7. The Bertz CT molecular complexity index is 1930. The fourth-order valence-electron chi connectivity index (χ4n) is 4.41. The Morgan fingerprint density at radius 3 is 2.11 bits per heavy atom. The molecule has 0 atom stereocenters. The molecule has 16 heteroatoms. The third kappa shape index (κ3) is 6.16. The number of aromatic nitrogens is 5. The number of sulfonamides is 1. The van der Waals surface area contributed by atoms with E-state index in [9.17, 15) is 34.8 Å². The lowest BCUT2D eigenvalue weighted by Gasteiger charge is -2.17. The molecule has 0 radical (unpaired) electrons. The second kappa shape index (κ2) is 11.1. The standard InChI is InChI=1S/C28H22F6N6O3S/c1-17-36-26(27(29,30)31)16-39(17)23-12-9-20(19-5-4-6-22(13-19)44(41,42)38(2)3)14-24(23)40-25(15-35-37-40)18-7-10-21(11-8-18)43-28(32,33)34/h4-16H,1-3H3. The van der Waals surface area contributed by atoms with Crippen molar-refractivity contribution in [2.45, 2.75) is 24.4 Å². The predicted octanol–water partition coefficient (Wildman–Crippen LogP) is 6.26. The number of alkyl halides is 6. The normalized spacial score (nSPS) is 12.6. The molecule has 9 nitrogen and oxygen atoms in total. The average Bonchev–Trinajstić information content (AvgIpc) is 3.59. The summed E-state index contributed by atoms with van der Waals surface area (Å²) in [6.45, 7) is 1.39. The maximum absolute atomic E-state index is 13.5. The highest BCUT2D eigenvalue weighted by atomic mass is 32.2. The van der Waals surface area contributed by atoms with Gasteiger partial charge in [-0.3, -0.25) is 0 Å². The van der Waals surface area contributed by atoms with E-state index in [1.165, 1.54) is 66.8 Å². The monoisotopic (exact) mass is 636 g/mol. The van der Waals surface area contributed by atoms with Crippen molar-refractivity contribution in [3.05, 3.63) is 90.6 Å². The Hall–Kier alpha value is -4.70. The van der Waals surface area contributed by atoms with E-state index in [0.29, 0.717) is 22.4 Å². The molecule has 44 heavy (non-hydrogen) atoms. The van der Waals surface area contributed by atoms with Crippen molar-refractivity contribution < 1.29 is 39.5 Å². The largest absolute Gasteiger partial charge is 0.573 e. The molecule has 2 aromatic heterocycles. The van der Waals surface area contributed by atoms with E-state index in [2.05, 4.69) is 20.0 Å². The molecule has 230 valence electrons. The van der Waals surface area contributed by atoms with Crippen molar-refractivity contribution in [3.63, 3.8) is 0 Å². The second-order valence-corrected chi connectivity index (χ2v) is 11.8. The smallest absolute Gasteiger partial charge is 0.406 e. The van der Waals surface area contributed by atoms with Gasteiger partial charge in [-0.1, -0.05) is 23.4 Å². The van der Waals surface area contributed by atoms with Crippen molar-refractivity contribution in [2.75, 3.05) is 14.1 Å². The lowest BCUT2D eigenvalue weighted by molar-refractivity contribution is -0.274. The summed E-state index contributed by atoms with van der Waals surface area (Å²) >= 11 is 0. The Kier molecular flexibility index (Phi) is 7.75. The van der Waals surface area contributed by atoms with Crippen LogP contribution in [0.15, 0.2) is 84.0 Å². The third-order valence-corrected chi connectivity index (χ3v) is 8.33. The van der Waals surface area contributed by atoms with Gasteiger partial charge in [0.25, 0.3) is 0 Å². The van der Waals surface area contributed by atoms with Crippen LogP contribution in [0.25, 0.3) is 33.8 Å². The van der Waals surface area contributed by atoms with Gasteiger partial charge < -0.3 is 9.30 Å². The first-order valence-corrected chi connectivity index (χ1v) is 14.1. The molecule has 0 bridgehead atoms. The molecule has 0 unspecified atom stereocenters. The number of aryl methyl sites for hydroxylation is 1. The molecule has 0 aliphatic carbocycles. The summed E-state index contributed by atoms with van der Waals surface area (Å²) in [5, 5.41) is 8.07. The van der Waals surface area contributed by atoms with Crippen molar-refractivity contribution >= 4 is 10.0 Å². The number of hydrogen-bond acceptors (Lipinski definition) is 6. The average molecular weight is 637 g/mol. The summed E-state index contributed by atoms with van der Waals surface area (Å²) < 4.78 is 112. The van der Waals surface area contributed by atoms with Gasteiger partial charge >= 0.3 is 12.5 Å². The minimum atomic E-state index is -4.89. The maximum atomic E-state index is 13.5. The van der Waals surface area contributed by atoms with E-state index in [-0.39, 0.29) is 22.1 Å². The number of imidazole rings is 1. The zero-order chi connectivity index (χ0) is 32.0. The second-order valence-electron chi connectivity index (χ2n) is 9.66. The van der Waals surface area contributed by atoms with Gasteiger partial charge in [0, 0.05) is 25.9 Å². The molecule has 0 amide bonds. The highest BCUT2D eigenvalue weighted by molar-refractivity contribution is 7.89. The fraction of sp³-hybridized carbons (Fsp3) is 0.179. The van der Waals surface area contributed by atoms with Crippen LogP contribution in [0.1, 0.15) is 11.5 Å². The molecule has 2 heterocycles. The molecule has 0 saturated carbocycles. The summed E-state index contributed by atoms with van der Waals surface area (Å²) in [5.41, 5.74) is 0.956. The molecular formula is C28H22F6N6O3S. The Morgan fingerprint density at radius 2 is 1.50 bits per heavy atom. The van der Waals surface area contributed by atoms with E-state index in [0.717, 1.165) is 22.6 Å². The first-order chi connectivity index (χ1) is 20.5. The zero-order valence-electron chi connectivity index (χ0n) is 23.1. The topological polar surface area (TPSA) is 95.1 Å². The van der Waals surface area contributed by atoms with E-state index in [1.807, 2.05) is 0 Å². The SMILES string of the molecule is Cc1nc(C(F)(F)F)cn1-c1ccc(-c2cccc(S(=O)(=O)N(C)C)c2)cc1-n1nncc1-c1ccc(OC(F)(F)F)cc1. The summed E-state index contributed by atoms with van der Waals surface area (Å²) in [5.74, 6) is -0.440. The summed E-state index contributed by atoms with van der Waals surface area (Å²) in [4.78, 5) is 3.67. The Morgan fingerprint density at radius 1 is 0.841 bits per heavy atom. The van der Waals surface area contributed by atoms with Gasteiger partial charge in [0.2, 0.25) is 10.0 Å². The summed E-state index contributed by atoms with van der Waals surface area (Å²) in [6, 6.07) is 15.7. The van der Waals surface area contributed by atoms with Gasteiger partial charge in [-0.2, -0.15) is 13.2 Å². The minimum absolute atomic E-state index is 0.0146. The molecule has 0 saturated heterocycles. The molecular weight excluding hydrogens is 614 g/mol. The number of benzene rings is 3. The summed E-state index contributed by atoms with van der Waals surface area (Å²) in [7, 11) is -0.991. The Labute approximate surface area is 247 Å². The van der Waals surface area contributed by atoms with E-state index in [1.54, 1.807) is 24.3 Å². The fourth-order valence-corrected chi connectivity index (χ4v) is 5.36. The highest BCUT2D eigenvalue weighted by Gasteiger charge is 2.35. The van der Waals surface area contributed by atoms with Crippen LogP contribution in [0.5, 0.6) is 5.75 Å². The van der Waals surface area contributed by atoms with Crippen LogP contribution in [-0.4, -0.2) is 57.7 Å².